The van der Waals surface area contributed by atoms with Gasteiger partial charge in [0.15, 0.2) is 10.8 Å². The van der Waals surface area contributed by atoms with Crippen LogP contribution in [0.5, 0.6) is 11.5 Å². The highest BCUT2D eigenvalue weighted by molar-refractivity contribution is 7.19. The number of hydrogen-bond donors (Lipinski definition) is 3. The summed E-state index contributed by atoms with van der Waals surface area (Å²) in [5, 5.41) is 13.6. The number of benzene rings is 1. The number of aromatic nitrogens is 4. The van der Waals surface area contributed by atoms with Crippen molar-refractivity contribution in [3.63, 3.8) is 0 Å². The molecule has 4 aromatic rings. The van der Waals surface area contributed by atoms with Crippen molar-refractivity contribution in [2.24, 2.45) is 0 Å². The zero-order chi connectivity index (χ0) is 19.5. The molecule has 0 saturated carbocycles. The van der Waals surface area contributed by atoms with Gasteiger partial charge in [0.2, 0.25) is 0 Å². The van der Waals surface area contributed by atoms with Crippen molar-refractivity contribution in [2.45, 2.75) is 0 Å². The third kappa shape index (κ3) is 3.58. The Morgan fingerprint density at radius 3 is 2.82 bits per heavy atom. The highest BCUT2D eigenvalue weighted by atomic mass is 32.1. The van der Waals surface area contributed by atoms with E-state index in [0.29, 0.717) is 28.0 Å². The summed E-state index contributed by atoms with van der Waals surface area (Å²) < 4.78 is 10.4. The van der Waals surface area contributed by atoms with Gasteiger partial charge < -0.3 is 14.8 Å². The molecule has 0 radical (unpaired) electrons. The third-order valence-electron chi connectivity index (χ3n) is 3.94. The van der Waals surface area contributed by atoms with Gasteiger partial charge in [-0.05, 0) is 24.3 Å². The molecular formula is C18H16N6O3S. The van der Waals surface area contributed by atoms with Gasteiger partial charge >= 0.3 is 6.03 Å². The van der Waals surface area contributed by atoms with Gasteiger partial charge in [-0.3, -0.25) is 10.4 Å². The maximum Gasteiger partial charge on any atom is 0.325 e. The third-order valence-corrected chi connectivity index (χ3v) is 4.87. The number of nitrogens with one attached hydrogen (secondary N) is 3. The molecule has 0 bridgehead atoms. The van der Waals surface area contributed by atoms with Crippen molar-refractivity contribution < 1.29 is 14.3 Å². The van der Waals surface area contributed by atoms with Gasteiger partial charge in [-0.1, -0.05) is 11.3 Å². The minimum Gasteiger partial charge on any atom is -0.497 e. The smallest absolute Gasteiger partial charge is 0.325 e. The number of amides is 2. The van der Waals surface area contributed by atoms with Gasteiger partial charge in [-0.2, -0.15) is 5.10 Å². The first-order valence-corrected chi connectivity index (χ1v) is 9.04. The predicted molar refractivity (Wildman–Crippen MR) is 107 cm³/mol. The molecule has 1 aromatic carbocycles. The number of H-pyrrole nitrogens is 1. The molecule has 28 heavy (non-hydrogen) atoms. The topological polar surface area (TPSA) is 114 Å². The van der Waals surface area contributed by atoms with Crippen molar-refractivity contribution in [1.29, 1.82) is 0 Å². The molecule has 10 heteroatoms. The fourth-order valence-electron chi connectivity index (χ4n) is 2.57. The minimum atomic E-state index is -0.429. The molecule has 0 spiro atoms. The van der Waals surface area contributed by atoms with E-state index < -0.39 is 6.03 Å². The Balaban J connectivity index is 1.47. The fraction of sp³-hybridized carbons (Fsp3) is 0.111. The molecule has 3 aromatic heterocycles. The quantitative estimate of drug-likeness (QED) is 0.473. The van der Waals surface area contributed by atoms with Crippen LogP contribution in [0.4, 0.5) is 15.6 Å². The predicted octanol–water partition coefficient (Wildman–Crippen LogP) is 3.74. The number of hydrogen-bond acceptors (Lipinski definition) is 7. The van der Waals surface area contributed by atoms with Crippen LogP contribution in [-0.2, 0) is 0 Å². The Morgan fingerprint density at radius 1 is 1.11 bits per heavy atom. The van der Waals surface area contributed by atoms with Gasteiger partial charge in [0.1, 0.15) is 11.5 Å². The van der Waals surface area contributed by atoms with Crippen molar-refractivity contribution in [1.82, 2.24) is 20.2 Å². The molecule has 0 unspecified atom stereocenters. The normalized spacial score (nSPS) is 10.6. The molecule has 0 aliphatic heterocycles. The van der Waals surface area contributed by atoms with Crippen molar-refractivity contribution >= 4 is 39.2 Å². The van der Waals surface area contributed by atoms with Crippen LogP contribution in [-0.4, -0.2) is 40.4 Å². The van der Waals surface area contributed by atoms with E-state index in [0.717, 1.165) is 16.0 Å². The Hall–Kier alpha value is -3.66. The number of anilines is 2. The second-order valence-electron chi connectivity index (χ2n) is 5.68. The van der Waals surface area contributed by atoms with Crippen LogP contribution in [0, 0.1) is 0 Å². The monoisotopic (exact) mass is 396 g/mol. The van der Waals surface area contributed by atoms with E-state index in [1.165, 1.54) is 18.4 Å². The zero-order valence-corrected chi connectivity index (χ0v) is 15.8. The summed E-state index contributed by atoms with van der Waals surface area (Å²) in [4.78, 5) is 21.9. The number of methoxy groups -OCH3 is 2. The lowest BCUT2D eigenvalue weighted by Crippen LogP contribution is -2.19. The standard InChI is InChI=1S/C18H16N6O3S/c1-26-11-4-6-12(14(7-11)27-2)22-17(25)23-18-19-9-15(28-18)13-5-3-10-8-20-24-16(10)21-13/h3-9H,1-2H3,(H,20,21,24)(H2,19,22,23,25). The highest BCUT2D eigenvalue weighted by Gasteiger charge is 2.12. The molecule has 0 aliphatic rings. The first-order chi connectivity index (χ1) is 13.7. The van der Waals surface area contributed by atoms with E-state index in [-0.39, 0.29) is 0 Å². The molecular weight excluding hydrogens is 380 g/mol. The zero-order valence-electron chi connectivity index (χ0n) is 15.0. The Morgan fingerprint density at radius 2 is 2.00 bits per heavy atom. The summed E-state index contributed by atoms with van der Waals surface area (Å²) >= 11 is 1.32. The first kappa shape index (κ1) is 17.7. The molecule has 3 N–H and O–H groups in total. The van der Waals surface area contributed by atoms with E-state index in [9.17, 15) is 4.79 Å². The number of thiazole rings is 1. The molecule has 0 fully saturated rings. The highest BCUT2D eigenvalue weighted by Crippen LogP contribution is 2.31. The van der Waals surface area contributed by atoms with Crippen LogP contribution in [0.15, 0.2) is 42.7 Å². The lowest BCUT2D eigenvalue weighted by molar-refractivity contribution is 0.262. The average Bonchev–Trinajstić information content (AvgIpc) is 3.36. The fourth-order valence-corrected chi connectivity index (χ4v) is 3.35. The maximum absolute atomic E-state index is 12.3. The lowest BCUT2D eigenvalue weighted by Gasteiger charge is -2.11. The Labute approximate surface area is 163 Å². The summed E-state index contributed by atoms with van der Waals surface area (Å²) in [5.74, 6) is 1.13. The van der Waals surface area contributed by atoms with E-state index in [1.54, 1.807) is 37.7 Å². The molecule has 9 nitrogen and oxygen atoms in total. The second kappa shape index (κ2) is 7.53. The lowest BCUT2D eigenvalue weighted by atomic mass is 10.2. The number of urea groups is 1. The summed E-state index contributed by atoms with van der Waals surface area (Å²) in [5.41, 5.74) is 1.97. The SMILES string of the molecule is COc1ccc(NC(=O)Nc2ncc(-c3ccc4cn[nH]c4n3)s2)c(OC)c1. The Kier molecular flexibility index (Phi) is 4.77. The molecule has 0 aliphatic carbocycles. The number of carbonyl (C=O) groups excluding carboxylic acids is 1. The second-order valence-corrected chi connectivity index (χ2v) is 6.71. The number of pyridine rings is 1. The van der Waals surface area contributed by atoms with E-state index in [2.05, 4.69) is 30.8 Å². The first-order valence-electron chi connectivity index (χ1n) is 8.22. The number of carbonyl (C=O) groups is 1. The Bertz CT molecular complexity index is 1140. The molecule has 0 saturated heterocycles. The van der Waals surface area contributed by atoms with Gasteiger partial charge in [0, 0.05) is 17.6 Å². The summed E-state index contributed by atoms with van der Waals surface area (Å²) in [7, 11) is 3.09. The number of aromatic amines is 1. The number of rotatable bonds is 5. The molecule has 4 rings (SSSR count). The molecule has 2 amide bonds. The van der Waals surface area contributed by atoms with Crippen molar-refractivity contribution in [2.75, 3.05) is 24.9 Å². The minimum absolute atomic E-state index is 0.429. The van der Waals surface area contributed by atoms with Crippen LogP contribution < -0.4 is 20.1 Å². The van der Waals surface area contributed by atoms with E-state index in [1.807, 2.05) is 12.1 Å². The number of ether oxygens (including phenoxy) is 2. The molecule has 3 heterocycles. The van der Waals surface area contributed by atoms with Crippen LogP contribution in [0.2, 0.25) is 0 Å². The van der Waals surface area contributed by atoms with Gasteiger partial charge in [0.05, 0.1) is 36.7 Å². The van der Waals surface area contributed by atoms with Crippen LogP contribution >= 0.6 is 11.3 Å². The summed E-state index contributed by atoms with van der Waals surface area (Å²) in [6, 6.07) is 8.51. The van der Waals surface area contributed by atoms with Crippen molar-refractivity contribution in [3.8, 4) is 22.1 Å². The molecule has 0 atom stereocenters. The van der Waals surface area contributed by atoms with Gasteiger partial charge in [-0.25, -0.2) is 14.8 Å². The summed E-state index contributed by atoms with van der Waals surface area (Å²) in [6.07, 6.45) is 3.38. The van der Waals surface area contributed by atoms with E-state index in [4.69, 9.17) is 9.47 Å². The van der Waals surface area contributed by atoms with Crippen LogP contribution in [0.3, 0.4) is 0 Å². The average molecular weight is 396 g/mol. The maximum atomic E-state index is 12.3. The molecule has 142 valence electrons. The largest absolute Gasteiger partial charge is 0.497 e. The van der Waals surface area contributed by atoms with Gasteiger partial charge in [-0.15, -0.1) is 0 Å². The number of nitrogens with zero attached hydrogens (tertiary/aromatic N) is 3. The number of fused-ring (bicyclic) bond motifs is 1. The van der Waals surface area contributed by atoms with Crippen LogP contribution in [0.25, 0.3) is 21.6 Å². The van der Waals surface area contributed by atoms with Gasteiger partial charge in [0.25, 0.3) is 0 Å². The van der Waals surface area contributed by atoms with Crippen LogP contribution in [0.1, 0.15) is 0 Å². The summed E-state index contributed by atoms with van der Waals surface area (Å²) in [6.45, 7) is 0. The van der Waals surface area contributed by atoms with Crippen molar-refractivity contribution in [3.05, 3.63) is 42.7 Å². The van der Waals surface area contributed by atoms with E-state index >= 15 is 0 Å².